The molecule has 3 nitrogen and oxygen atoms in total. The topological polar surface area (TPSA) is 48.8 Å². The Balaban J connectivity index is 2.43. The van der Waals surface area contributed by atoms with E-state index in [0.717, 1.165) is 12.3 Å². The van der Waals surface area contributed by atoms with Gasteiger partial charge in [0, 0.05) is 11.5 Å². The summed E-state index contributed by atoms with van der Waals surface area (Å²) in [6.07, 6.45) is 1.03. The molecule has 3 heteroatoms. The quantitative estimate of drug-likeness (QED) is 0.351. The summed E-state index contributed by atoms with van der Waals surface area (Å²) in [5.74, 6) is 0.718. The SMILES string of the molecule is CC1(C)C(CCN=[N+]=[N-])C1(C)C. The third kappa shape index (κ3) is 1.18. The molecule has 0 amide bonds. The van der Waals surface area contributed by atoms with Gasteiger partial charge in [-0.15, -0.1) is 0 Å². The van der Waals surface area contributed by atoms with Crippen LogP contribution in [0.15, 0.2) is 5.11 Å². The van der Waals surface area contributed by atoms with E-state index in [9.17, 15) is 0 Å². The summed E-state index contributed by atoms with van der Waals surface area (Å²) in [5, 5.41) is 3.56. The first kappa shape index (κ1) is 9.40. The molecule has 1 aliphatic carbocycles. The molecule has 12 heavy (non-hydrogen) atoms. The Morgan fingerprint density at radius 1 is 1.25 bits per heavy atom. The second-order valence-electron chi connectivity index (χ2n) is 4.74. The second kappa shape index (κ2) is 2.67. The van der Waals surface area contributed by atoms with Gasteiger partial charge in [0.05, 0.1) is 0 Å². The Hall–Kier alpha value is -0.690. The van der Waals surface area contributed by atoms with E-state index in [2.05, 4.69) is 37.7 Å². The minimum atomic E-state index is 0.429. The van der Waals surface area contributed by atoms with Crippen molar-refractivity contribution in [1.29, 1.82) is 0 Å². The molecule has 0 radical (unpaired) electrons. The average Bonchev–Trinajstić information content (AvgIpc) is 2.32. The molecule has 0 bridgehead atoms. The van der Waals surface area contributed by atoms with Crippen molar-refractivity contribution in [3.8, 4) is 0 Å². The maximum absolute atomic E-state index is 8.12. The van der Waals surface area contributed by atoms with Gasteiger partial charge in [0.2, 0.25) is 0 Å². The summed E-state index contributed by atoms with van der Waals surface area (Å²) >= 11 is 0. The van der Waals surface area contributed by atoms with Crippen molar-refractivity contribution in [2.75, 3.05) is 6.54 Å². The lowest BCUT2D eigenvalue weighted by Crippen LogP contribution is -1.95. The Kier molecular flexibility index (Phi) is 2.09. The van der Waals surface area contributed by atoms with Gasteiger partial charge in [-0.05, 0) is 28.7 Å². The van der Waals surface area contributed by atoms with Crippen molar-refractivity contribution >= 4 is 0 Å². The maximum Gasteiger partial charge on any atom is 0.0260 e. The van der Waals surface area contributed by atoms with Gasteiger partial charge in [-0.3, -0.25) is 0 Å². The van der Waals surface area contributed by atoms with Crippen LogP contribution in [-0.2, 0) is 0 Å². The lowest BCUT2D eigenvalue weighted by molar-refractivity contribution is 0.457. The third-order valence-electron chi connectivity index (χ3n) is 3.90. The van der Waals surface area contributed by atoms with Crippen LogP contribution in [-0.4, -0.2) is 6.54 Å². The first-order valence-corrected chi connectivity index (χ1v) is 4.45. The zero-order chi connectivity index (χ0) is 9.41. The first-order valence-electron chi connectivity index (χ1n) is 4.45. The van der Waals surface area contributed by atoms with Crippen LogP contribution in [0.25, 0.3) is 10.4 Å². The highest BCUT2D eigenvalue weighted by atomic mass is 15.1. The molecule has 0 spiro atoms. The van der Waals surface area contributed by atoms with E-state index in [1.165, 1.54) is 0 Å². The van der Waals surface area contributed by atoms with Crippen LogP contribution in [0.2, 0.25) is 0 Å². The van der Waals surface area contributed by atoms with Crippen LogP contribution in [0.3, 0.4) is 0 Å². The van der Waals surface area contributed by atoms with Crippen molar-refractivity contribution in [2.45, 2.75) is 34.1 Å². The Bertz CT molecular complexity index is 210. The summed E-state index contributed by atoms with van der Waals surface area (Å²) < 4.78 is 0. The molecule has 0 atom stereocenters. The standard InChI is InChI=1S/C9H17N3/c1-8(2)7(9(8,3)4)5-6-11-12-10/h7H,5-6H2,1-4H3. The van der Waals surface area contributed by atoms with Gasteiger partial charge in [0.15, 0.2) is 0 Å². The van der Waals surface area contributed by atoms with Gasteiger partial charge in [0.1, 0.15) is 0 Å². The zero-order valence-electron chi connectivity index (χ0n) is 8.33. The van der Waals surface area contributed by atoms with Gasteiger partial charge in [0.25, 0.3) is 0 Å². The van der Waals surface area contributed by atoms with Gasteiger partial charge in [-0.25, -0.2) is 0 Å². The molecule has 0 aromatic rings. The number of nitrogens with zero attached hydrogens (tertiary/aromatic N) is 3. The maximum atomic E-state index is 8.12. The number of azide groups is 1. The first-order chi connectivity index (χ1) is 5.44. The van der Waals surface area contributed by atoms with Crippen molar-refractivity contribution < 1.29 is 0 Å². The molecule has 0 saturated heterocycles. The van der Waals surface area contributed by atoms with E-state index in [0.29, 0.717) is 17.4 Å². The molecule has 0 heterocycles. The third-order valence-corrected chi connectivity index (χ3v) is 3.90. The normalized spacial score (nSPS) is 24.7. The summed E-state index contributed by atoms with van der Waals surface area (Å²) in [6, 6.07) is 0. The van der Waals surface area contributed by atoms with Crippen molar-refractivity contribution in [3.05, 3.63) is 10.4 Å². The van der Waals surface area contributed by atoms with Gasteiger partial charge in [-0.1, -0.05) is 32.8 Å². The van der Waals surface area contributed by atoms with Gasteiger partial charge in [-0.2, -0.15) is 0 Å². The minimum Gasteiger partial charge on any atom is -0.0940 e. The lowest BCUT2D eigenvalue weighted by Gasteiger charge is -2.04. The molecule has 0 aromatic heterocycles. The van der Waals surface area contributed by atoms with Crippen molar-refractivity contribution in [2.24, 2.45) is 21.9 Å². The molecule has 1 rings (SSSR count). The van der Waals surface area contributed by atoms with Crippen LogP contribution in [0.5, 0.6) is 0 Å². The van der Waals surface area contributed by atoms with E-state index in [1.54, 1.807) is 0 Å². The highest BCUT2D eigenvalue weighted by Crippen LogP contribution is 2.69. The van der Waals surface area contributed by atoms with Gasteiger partial charge < -0.3 is 0 Å². The van der Waals surface area contributed by atoms with E-state index < -0.39 is 0 Å². The fourth-order valence-electron chi connectivity index (χ4n) is 2.29. The Labute approximate surface area is 73.8 Å². The molecule has 1 saturated carbocycles. The predicted octanol–water partition coefficient (Wildman–Crippen LogP) is 3.37. The zero-order valence-corrected chi connectivity index (χ0v) is 8.33. The van der Waals surface area contributed by atoms with Gasteiger partial charge >= 0.3 is 0 Å². The van der Waals surface area contributed by atoms with Crippen LogP contribution in [0, 0.1) is 16.7 Å². The molecule has 0 unspecified atom stereocenters. The molecule has 0 aromatic carbocycles. The lowest BCUT2D eigenvalue weighted by atomic mass is 10.0. The van der Waals surface area contributed by atoms with Crippen molar-refractivity contribution in [3.63, 3.8) is 0 Å². The minimum absolute atomic E-state index is 0.429. The average molecular weight is 167 g/mol. The Morgan fingerprint density at radius 3 is 2.08 bits per heavy atom. The number of rotatable bonds is 3. The fourth-order valence-corrected chi connectivity index (χ4v) is 2.29. The fraction of sp³-hybridized carbons (Fsp3) is 1.00. The molecule has 0 aliphatic heterocycles. The smallest absolute Gasteiger partial charge is 0.0260 e. The molecule has 1 aliphatic rings. The van der Waals surface area contributed by atoms with Crippen LogP contribution in [0.1, 0.15) is 34.1 Å². The van der Waals surface area contributed by atoms with E-state index >= 15 is 0 Å². The van der Waals surface area contributed by atoms with Crippen LogP contribution >= 0.6 is 0 Å². The van der Waals surface area contributed by atoms with E-state index in [-0.39, 0.29) is 0 Å². The molecular formula is C9H17N3. The highest BCUT2D eigenvalue weighted by molar-refractivity contribution is 5.11. The van der Waals surface area contributed by atoms with E-state index in [1.807, 2.05) is 0 Å². The monoisotopic (exact) mass is 167 g/mol. The molecular weight excluding hydrogens is 150 g/mol. The van der Waals surface area contributed by atoms with E-state index in [4.69, 9.17) is 5.53 Å². The summed E-state index contributed by atoms with van der Waals surface area (Å²) in [7, 11) is 0. The molecule has 0 N–H and O–H groups in total. The van der Waals surface area contributed by atoms with Crippen molar-refractivity contribution in [1.82, 2.24) is 0 Å². The summed E-state index contributed by atoms with van der Waals surface area (Å²) in [6.45, 7) is 9.79. The second-order valence-corrected chi connectivity index (χ2v) is 4.74. The van der Waals surface area contributed by atoms with Crippen LogP contribution < -0.4 is 0 Å². The molecule has 68 valence electrons. The largest absolute Gasteiger partial charge is 0.0940 e. The predicted molar refractivity (Wildman–Crippen MR) is 49.7 cm³/mol. The number of hydrogen-bond donors (Lipinski definition) is 0. The summed E-state index contributed by atoms with van der Waals surface area (Å²) in [4.78, 5) is 2.76. The highest BCUT2D eigenvalue weighted by Gasteiger charge is 2.63. The Morgan fingerprint density at radius 2 is 1.75 bits per heavy atom. The van der Waals surface area contributed by atoms with Crippen LogP contribution in [0.4, 0.5) is 0 Å². The summed E-state index contributed by atoms with van der Waals surface area (Å²) in [5.41, 5.74) is 8.98. The number of hydrogen-bond acceptors (Lipinski definition) is 1. The molecule has 1 fully saturated rings.